The van der Waals surface area contributed by atoms with Crippen LogP contribution >= 0.6 is 0 Å². The zero-order valence-electron chi connectivity index (χ0n) is 11.6. The Morgan fingerprint density at radius 1 is 1.24 bits per heavy atom. The number of likely N-dealkylation sites (tertiary alicyclic amines) is 1. The second-order valence-corrected chi connectivity index (χ2v) is 4.72. The van der Waals surface area contributed by atoms with Gasteiger partial charge in [-0.15, -0.1) is 0 Å². The summed E-state index contributed by atoms with van der Waals surface area (Å²) in [6.45, 7) is 0.565. The summed E-state index contributed by atoms with van der Waals surface area (Å²) in [5.41, 5.74) is 0. The minimum Gasteiger partial charge on any atom is -0.481 e. The maximum absolute atomic E-state index is 11.9. The van der Waals surface area contributed by atoms with Crippen LogP contribution in [0.5, 0.6) is 0 Å². The molecule has 1 aliphatic rings. The van der Waals surface area contributed by atoms with E-state index in [4.69, 9.17) is 10.2 Å². The quantitative estimate of drug-likeness (QED) is 0.583. The summed E-state index contributed by atoms with van der Waals surface area (Å²) in [6, 6.07) is -2.12. The highest BCUT2D eigenvalue weighted by atomic mass is 16.5. The Labute approximate surface area is 120 Å². The van der Waals surface area contributed by atoms with Gasteiger partial charge in [0.1, 0.15) is 6.04 Å². The molecule has 1 rings (SSSR count). The molecule has 1 heterocycles. The van der Waals surface area contributed by atoms with Gasteiger partial charge < -0.3 is 25.2 Å². The standard InChI is InChI=1S/C12H18N2O7/c1-21-11(19)7-2-4-14(5-3-7)12(20)13-8(10(17)18)6-9(15)16/h7-8H,2-6H2,1H3,(H,13,20)(H,15,16)(H,17,18). The molecule has 1 fully saturated rings. The average molecular weight is 302 g/mol. The van der Waals surface area contributed by atoms with Gasteiger partial charge in [0, 0.05) is 13.1 Å². The minimum absolute atomic E-state index is 0.270. The molecule has 0 bridgehead atoms. The van der Waals surface area contributed by atoms with E-state index in [0.717, 1.165) is 0 Å². The Morgan fingerprint density at radius 2 is 1.81 bits per heavy atom. The molecule has 0 spiro atoms. The number of nitrogens with one attached hydrogen (secondary N) is 1. The number of hydrogen-bond donors (Lipinski definition) is 3. The van der Waals surface area contributed by atoms with E-state index < -0.39 is 30.4 Å². The SMILES string of the molecule is COC(=O)C1CCN(C(=O)NC(CC(=O)O)C(=O)O)CC1. The lowest BCUT2D eigenvalue weighted by Crippen LogP contribution is -2.51. The number of carbonyl (C=O) groups is 4. The molecule has 1 atom stereocenters. The maximum Gasteiger partial charge on any atom is 0.326 e. The maximum atomic E-state index is 11.9. The molecule has 0 aromatic carbocycles. The monoisotopic (exact) mass is 302 g/mol. The Hall–Kier alpha value is -2.32. The number of methoxy groups -OCH3 is 1. The smallest absolute Gasteiger partial charge is 0.326 e. The summed E-state index contributed by atoms with van der Waals surface area (Å²) in [6.07, 6.45) is 0.160. The summed E-state index contributed by atoms with van der Waals surface area (Å²) in [5, 5.41) is 19.6. The van der Waals surface area contributed by atoms with Crippen molar-refractivity contribution in [1.82, 2.24) is 10.2 Å². The Bertz CT molecular complexity index is 429. The third-order valence-electron chi connectivity index (χ3n) is 3.29. The van der Waals surface area contributed by atoms with Crippen molar-refractivity contribution < 1.29 is 34.1 Å². The van der Waals surface area contributed by atoms with Crippen LogP contribution in [-0.2, 0) is 19.1 Å². The van der Waals surface area contributed by atoms with Gasteiger partial charge in [0.2, 0.25) is 0 Å². The number of ether oxygens (including phenoxy) is 1. The van der Waals surface area contributed by atoms with Gasteiger partial charge in [-0.05, 0) is 12.8 Å². The Kier molecular flexibility index (Phi) is 5.94. The van der Waals surface area contributed by atoms with Crippen molar-refractivity contribution in [2.75, 3.05) is 20.2 Å². The summed E-state index contributed by atoms with van der Waals surface area (Å²) in [4.78, 5) is 46.0. The van der Waals surface area contributed by atoms with Gasteiger partial charge in [-0.2, -0.15) is 0 Å². The minimum atomic E-state index is -1.48. The van der Waals surface area contributed by atoms with Crippen LogP contribution in [-0.4, -0.2) is 65.3 Å². The van der Waals surface area contributed by atoms with Gasteiger partial charge in [-0.3, -0.25) is 9.59 Å². The average Bonchev–Trinajstić information content (AvgIpc) is 2.45. The number of hydrogen-bond acceptors (Lipinski definition) is 5. The molecule has 1 saturated heterocycles. The lowest BCUT2D eigenvalue weighted by molar-refractivity contribution is -0.147. The molecule has 9 heteroatoms. The number of urea groups is 1. The fourth-order valence-corrected chi connectivity index (χ4v) is 2.10. The molecule has 0 aliphatic carbocycles. The van der Waals surface area contributed by atoms with Gasteiger partial charge in [0.05, 0.1) is 19.4 Å². The van der Waals surface area contributed by atoms with Gasteiger partial charge in [0.15, 0.2) is 0 Å². The lowest BCUT2D eigenvalue weighted by Gasteiger charge is -2.31. The zero-order chi connectivity index (χ0) is 16.0. The number of carbonyl (C=O) groups excluding carboxylic acids is 2. The summed E-state index contributed by atoms with van der Waals surface area (Å²) >= 11 is 0. The number of nitrogens with zero attached hydrogens (tertiary/aromatic N) is 1. The van der Waals surface area contributed by atoms with E-state index >= 15 is 0 Å². The fourth-order valence-electron chi connectivity index (χ4n) is 2.10. The van der Waals surface area contributed by atoms with Crippen LogP contribution in [0, 0.1) is 5.92 Å². The Morgan fingerprint density at radius 3 is 2.24 bits per heavy atom. The van der Waals surface area contributed by atoms with Crippen LogP contribution in [0.3, 0.4) is 0 Å². The molecule has 0 aromatic rings. The molecule has 1 aliphatic heterocycles. The second kappa shape index (κ2) is 7.46. The highest BCUT2D eigenvalue weighted by Crippen LogP contribution is 2.18. The topological polar surface area (TPSA) is 133 Å². The zero-order valence-corrected chi connectivity index (χ0v) is 11.6. The molecule has 1 unspecified atom stereocenters. The molecular weight excluding hydrogens is 284 g/mol. The number of rotatable bonds is 5. The van der Waals surface area contributed by atoms with Gasteiger partial charge in [-0.25, -0.2) is 9.59 Å². The number of carboxylic acids is 2. The number of carboxylic acid groups (broad SMARTS) is 2. The third-order valence-corrected chi connectivity index (χ3v) is 3.29. The van der Waals surface area contributed by atoms with Crippen LogP contribution in [0.2, 0.25) is 0 Å². The van der Waals surface area contributed by atoms with E-state index in [-0.39, 0.29) is 25.0 Å². The predicted molar refractivity (Wildman–Crippen MR) is 68.5 cm³/mol. The van der Waals surface area contributed by atoms with Gasteiger partial charge in [0.25, 0.3) is 0 Å². The van der Waals surface area contributed by atoms with Crippen molar-refractivity contribution in [3.8, 4) is 0 Å². The highest BCUT2D eigenvalue weighted by Gasteiger charge is 2.30. The van der Waals surface area contributed by atoms with E-state index in [0.29, 0.717) is 12.8 Å². The van der Waals surface area contributed by atoms with Crippen LogP contribution in [0.1, 0.15) is 19.3 Å². The van der Waals surface area contributed by atoms with E-state index in [1.807, 2.05) is 0 Å². The molecular formula is C12H18N2O7. The molecule has 3 N–H and O–H groups in total. The fraction of sp³-hybridized carbons (Fsp3) is 0.667. The molecule has 118 valence electrons. The van der Waals surface area contributed by atoms with E-state index in [1.54, 1.807) is 0 Å². The predicted octanol–water partition coefficient (Wildman–Crippen LogP) is -0.491. The lowest BCUT2D eigenvalue weighted by atomic mass is 9.97. The number of aliphatic carboxylic acids is 2. The highest BCUT2D eigenvalue weighted by molar-refractivity contribution is 5.86. The normalized spacial score (nSPS) is 16.9. The van der Waals surface area contributed by atoms with Crippen molar-refractivity contribution in [3.63, 3.8) is 0 Å². The molecule has 0 radical (unpaired) electrons. The van der Waals surface area contributed by atoms with Crippen LogP contribution in [0.25, 0.3) is 0 Å². The van der Waals surface area contributed by atoms with E-state index in [2.05, 4.69) is 10.1 Å². The largest absolute Gasteiger partial charge is 0.481 e. The molecule has 21 heavy (non-hydrogen) atoms. The van der Waals surface area contributed by atoms with E-state index in [9.17, 15) is 19.2 Å². The van der Waals surface area contributed by atoms with Crippen molar-refractivity contribution in [2.24, 2.45) is 5.92 Å². The first-order valence-corrected chi connectivity index (χ1v) is 6.43. The number of esters is 1. The second-order valence-electron chi connectivity index (χ2n) is 4.72. The third kappa shape index (κ3) is 4.93. The summed E-state index contributed by atoms with van der Waals surface area (Å²) in [7, 11) is 1.30. The Balaban J connectivity index is 2.51. The van der Waals surface area contributed by atoms with Crippen molar-refractivity contribution in [1.29, 1.82) is 0 Å². The van der Waals surface area contributed by atoms with Crippen LogP contribution < -0.4 is 5.32 Å². The van der Waals surface area contributed by atoms with Crippen molar-refractivity contribution >= 4 is 23.9 Å². The molecule has 0 aromatic heterocycles. The first-order valence-electron chi connectivity index (χ1n) is 6.43. The number of piperidine rings is 1. The summed E-state index contributed by atoms with van der Waals surface area (Å²) < 4.78 is 4.62. The molecule has 0 saturated carbocycles. The first kappa shape index (κ1) is 16.7. The van der Waals surface area contributed by atoms with Gasteiger partial charge >= 0.3 is 23.9 Å². The molecule has 9 nitrogen and oxygen atoms in total. The van der Waals surface area contributed by atoms with Crippen LogP contribution in [0.15, 0.2) is 0 Å². The summed E-state index contributed by atoms with van der Waals surface area (Å²) in [5.74, 6) is -3.32. The van der Waals surface area contributed by atoms with Gasteiger partial charge in [-0.1, -0.05) is 0 Å². The van der Waals surface area contributed by atoms with Crippen LogP contribution in [0.4, 0.5) is 4.79 Å². The number of amides is 2. The van der Waals surface area contributed by atoms with E-state index in [1.165, 1.54) is 12.0 Å². The molecule has 2 amide bonds. The van der Waals surface area contributed by atoms with Crippen molar-refractivity contribution in [2.45, 2.75) is 25.3 Å². The first-order chi connectivity index (χ1) is 9.85. The van der Waals surface area contributed by atoms with Crippen molar-refractivity contribution in [3.05, 3.63) is 0 Å².